The number of likely N-dealkylation sites (N-methyl/N-ethyl adjacent to an activating group) is 2. The molecule has 15 heavy (non-hydrogen) atoms. The Morgan fingerprint density at radius 3 is 2.87 bits per heavy atom. The number of nitrogens with zero attached hydrogens (tertiary/aromatic N) is 2. The Labute approximate surface area is 93.4 Å². The van der Waals surface area contributed by atoms with Crippen molar-refractivity contribution in [2.45, 2.75) is 31.4 Å². The fraction of sp³-hybridized carbons (Fsp3) is 0.833. The minimum Gasteiger partial charge on any atom is -0.391 e. The van der Waals surface area contributed by atoms with Crippen LogP contribution >= 0.6 is 0 Å². The Kier molecular flexibility index (Phi) is 5.29. The van der Waals surface area contributed by atoms with E-state index in [4.69, 9.17) is 0 Å². The topological polar surface area (TPSA) is 26.7 Å². The first kappa shape index (κ1) is 12.7. The second-order valence-corrected chi connectivity index (χ2v) is 4.60. The number of allylic oxidation sites excluding steroid dienone is 1. The Balaban J connectivity index is 2.35. The molecule has 0 aromatic rings. The summed E-state index contributed by atoms with van der Waals surface area (Å²) in [6.07, 6.45) is 4.65. The molecule has 1 aliphatic rings. The molecule has 1 aliphatic heterocycles. The molecule has 1 rings (SSSR count). The van der Waals surface area contributed by atoms with Gasteiger partial charge in [-0.15, -0.1) is 6.58 Å². The summed E-state index contributed by atoms with van der Waals surface area (Å²) < 4.78 is 0. The van der Waals surface area contributed by atoms with E-state index in [1.54, 1.807) is 0 Å². The molecule has 3 heteroatoms. The molecule has 2 atom stereocenters. The third-order valence-corrected chi connectivity index (χ3v) is 3.25. The van der Waals surface area contributed by atoms with E-state index in [2.05, 4.69) is 30.5 Å². The van der Waals surface area contributed by atoms with Gasteiger partial charge < -0.3 is 10.0 Å². The van der Waals surface area contributed by atoms with Gasteiger partial charge in [0, 0.05) is 25.7 Å². The van der Waals surface area contributed by atoms with Gasteiger partial charge in [-0.3, -0.25) is 4.90 Å². The van der Waals surface area contributed by atoms with Crippen molar-refractivity contribution in [2.75, 3.05) is 33.7 Å². The van der Waals surface area contributed by atoms with Crippen LogP contribution in [0.25, 0.3) is 0 Å². The van der Waals surface area contributed by atoms with Gasteiger partial charge in [0.05, 0.1) is 6.10 Å². The molecular formula is C12H24N2O. The van der Waals surface area contributed by atoms with Crippen LogP contribution in [0.5, 0.6) is 0 Å². The van der Waals surface area contributed by atoms with Crippen molar-refractivity contribution in [1.29, 1.82) is 0 Å². The first-order valence-electron chi connectivity index (χ1n) is 5.83. The minimum absolute atomic E-state index is 0.197. The number of rotatable bonds is 5. The molecule has 3 nitrogen and oxygen atoms in total. The SMILES string of the molecule is C=CCCCC(O)C1CN(C)CCN1C. The smallest absolute Gasteiger partial charge is 0.0707 e. The van der Waals surface area contributed by atoms with Crippen molar-refractivity contribution in [1.82, 2.24) is 9.80 Å². The first-order chi connectivity index (χ1) is 7.15. The predicted molar refractivity (Wildman–Crippen MR) is 64.0 cm³/mol. The highest BCUT2D eigenvalue weighted by atomic mass is 16.3. The molecule has 0 aromatic heterocycles. The van der Waals surface area contributed by atoms with Gasteiger partial charge in [0.25, 0.3) is 0 Å². The molecule has 2 unspecified atom stereocenters. The fourth-order valence-corrected chi connectivity index (χ4v) is 2.12. The standard InChI is InChI=1S/C12H24N2O/c1-4-5-6-7-12(15)11-10-13(2)8-9-14(11)3/h4,11-12,15H,1,5-10H2,2-3H3. The maximum absolute atomic E-state index is 10.1. The zero-order chi connectivity index (χ0) is 11.3. The average Bonchev–Trinajstić information content (AvgIpc) is 2.22. The fourth-order valence-electron chi connectivity index (χ4n) is 2.12. The van der Waals surface area contributed by atoms with Gasteiger partial charge in [-0.25, -0.2) is 0 Å². The van der Waals surface area contributed by atoms with Crippen LogP contribution in [0.15, 0.2) is 12.7 Å². The molecule has 0 saturated carbocycles. The molecule has 0 radical (unpaired) electrons. The molecule has 0 amide bonds. The van der Waals surface area contributed by atoms with Crippen molar-refractivity contribution in [3.8, 4) is 0 Å². The van der Waals surface area contributed by atoms with Crippen LogP contribution in [0.1, 0.15) is 19.3 Å². The number of hydrogen-bond acceptors (Lipinski definition) is 3. The molecule has 1 heterocycles. The highest BCUT2D eigenvalue weighted by Crippen LogP contribution is 2.14. The van der Waals surface area contributed by atoms with Gasteiger partial charge in [0.15, 0.2) is 0 Å². The molecular weight excluding hydrogens is 188 g/mol. The van der Waals surface area contributed by atoms with Crippen molar-refractivity contribution < 1.29 is 5.11 Å². The van der Waals surface area contributed by atoms with Gasteiger partial charge in [0.1, 0.15) is 0 Å². The number of aliphatic hydroxyl groups excluding tert-OH is 1. The Bertz CT molecular complexity index is 196. The highest BCUT2D eigenvalue weighted by Gasteiger charge is 2.27. The van der Waals surface area contributed by atoms with Crippen LogP contribution < -0.4 is 0 Å². The van der Waals surface area contributed by atoms with Crippen molar-refractivity contribution in [2.24, 2.45) is 0 Å². The largest absolute Gasteiger partial charge is 0.391 e. The van der Waals surface area contributed by atoms with E-state index in [0.717, 1.165) is 38.9 Å². The zero-order valence-electron chi connectivity index (χ0n) is 10.0. The Morgan fingerprint density at radius 2 is 2.20 bits per heavy atom. The van der Waals surface area contributed by atoms with Gasteiger partial charge in [-0.1, -0.05) is 6.08 Å². The molecule has 1 fully saturated rings. The number of aliphatic hydroxyl groups is 1. The van der Waals surface area contributed by atoms with E-state index in [-0.39, 0.29) is 6.10 Å². The van der Waals surface area contributed by atoms with Crippen LogP contribution in [0.3, 0.4) is 0 Å². The molecule has 1 saturated heterocycles. The Morgan fingerprint density at radius 1 is 1.47 bits per heavy atom. The number of hydrogen-bond donors (Lipinski definition) is 1. The van der Waals surface area contributed by atoms with Crippen LogP contribution in [-0.2, 0) is 0 Å². The first-order valence-corrected chi connectivity index (χ1v) is 5.83. The maximum atomic E-state index is 10.1. The van der Waals surface area contributed by atoms with E-state index in [0.29, 0.717) is 6.04 Å². The third-order valence-electron chi connectivity index (χ3n) is 3.25. The number of unbranched alkanes of at least 4 members (excludes halogenated alkanes) is 1. The van der Waals surface area contributed by atoms with E-state index in [9.17, 15) is 5.11 Å². The summed E-state index contributed by atoms with van der Waals surface area (Å²) in [6.45, 7) is 6.83. The van der Waals surface area contributed by atoms with Crippen molar-refractivity contribution in [3.63, 3.8) is 0 Å². The zero-order valence-corrected chi connectivity index (χ0v) is 10.0. The average molecular weight is 212 g/mol. The second-order valence-electron chi connectivity index (χ2n) is 4.60. The normalized spacial score (nSPS) is 26.5. The highest BCUT2D eigenvalue weighted by molar-refractivity contribution is 4.84. The Hall–Kier alpha value is -0.380. The lowest BCUT2D eigenvalue weighted by Gasteiger charge is -2.40. The molecule has 0 spiro atoms. The van der Waals surface area contributed by atoms with Crippen molar-refractivity contribution >= 4 is 0 Å². The third kappa shape index (κ3) is 3.93. The van der Waals surface area contributed by atoms with E-state index < -0.39 is 0 Å². The monoisotopic (exact) mass is 212 g/mol. The van der Waals surface area contributed by atoms with Crippen molar-refractivity contribution in [3.05, 3.63) is 12.7 Å². The summed E-state index contributed by atoms with van der Waals surface area (Å²) >= 11 is 0. The van der Waals surface area contributed by atoms with E-state index in [1.165, 1.54) is 0 Å². The van der Waals surface area contributed by atoms with Gasteiger partial charge in [-0.2, -0.15) is 0 Å². The van der Waals surface area contributed by atoms with Gasteiger partial charge in [-0.05, 0) is 33.4 Å². The van der Waals surface area contributed by atoms with E-state index in [1.807, 2.05) is 6.08 Å². The van der Waals surface area contributed by atoms with E-state index >= 15 is 0 Å². The summed E-state index contributed by atoms with van der Waals surface area (Å²) in [4.78, 5) is 4.57. The molecule has 88 valence electrons. The summed E-state index contributed by atoms with van der Waals surface area (Å²) in [5.74, 6) is 0. The lowest BCUT2D eigenvalue weighted by Crippen LogP contribution is -2.54. The molecule has 0 bridgehead atoms. The summed E-state index contributed by atoms with van der Waals surface area (Å²) in [7, 11) is 4.23. The van der Waals surface area contributed by atoms with Gasteiger partial charge >= 0.3 is 0 Å². The second kappa shape index (κ2) is 6.26. The molecule has 0 aliphatic carbocycles. The molecule has 1 N–H and O–H groups in total. The summed E-state index contributed by atoms with van der Waals surface area (Å²) in [5, 5.41) is 10.1. The van der Waals surface area contributed by atoms with Crippen LogP contribution in [0, 0.1) is 0 Å². The number of piperazine rings is 1. The lowest BCUT2D eigenvalue weighted by atomic mass is 10.0. The quantitative estimate of drug-likeness (QED) is 0.543. The van der Waals surface area contributed by atoms with Crippen LogP contribution in [-0.4, -0.2) is 60.8 Å². The maximum Gasteiger partial charge on any atom is 0.0707 e. The lowest BCUT2D eigenvalue weighted by molar-refractivity contribution is 0.0102. The van der Waals surface area contributed by atoms with Crippen LogP contribution in [0.4, 0.5) is 0 Å². The predicted octanol–water partition coefficient (Wildman–Crippen LogP) is 0.949. The summed E-state index contributed by atoms with van der Waals surface area (Å²) in [6, 6.07) is 0.300. The summed E-state index contributed by atoms with van der Waals surface area (Å²) in [5.41, 5.74) is 0. The minimum atomic E-state index is -0.197. The van der Waals surface area contributed by atoms with Crippen LogP contribution in [0.2, 0.25) is 0 Å². The van der Waals surface area contributed by atoms with Gasteiger partial charge in [0.2, 0.25) is 0 Å². The molecule has 0 aromatic carbocycles.